The molecule has 0 amide bonds. The molecule has 2 aromatic carbocycles. The number of aromatic nitrogens is 2. The van der Waals surface area contributed by atoms with Crippen molar-refractivity contribution in [3.63, 3.8) is 0 Å². The minimum Gasteiger partial charge on any atom is -0.383 e. The van der Waals surface area contributed by atoms with Crippen LogP contribution in [0.1, 0.15) is 5.56 Å². The number of nitrogens with zero attached hydrogens (tertiary/aromatic N) is 2. The summed E-state index contributed by atoms with van der Waals surface area (Å²) in [5, 5.41) is 1.79. The summed E-state index contributed by atoms with van der Waals surface area (Å²) in [6.45, 7) is 1.48. The fourth-order valence-corrected chi connectivity index (χ4v) is 3.41. The summed E-state index contributed by atoms with van der Waals surface area (Å²) < 4.78 is 7.44. The van der Waals surface area contributed by atoms with Gasteiger partial charge in [0.15, 0.2) is 5.16 Å². The van der Waals surface area contributed by atoms with Gasteiger partial charge in [-0.3, -0.25) is 0 Å². The van der Waals surface area contributed by atoms with Crippen LogP contribution in [-0.4, -0.2) is 23.3 Å². The fraction of sp³-hybridized carbons (Fsp3) is 0.235. The number of hydrogen-bond acceptors (Lipinski definition) is 3. The van der Waals surface area contributed by atoms with E-state index in [1.807, 2.05) is 30.3 Å². The van der Waals surface area contributed by atoms with E-state index in [4.69, 9.17) is 21.3 Å². The van der Waals surface area contributed by atoms with Gasteiger partial charge in [0, 0.05) is 24.4 Å². The van der Waals surface area contributed by atoms with E-state index in [2.05, 4.69) is 22.8 Å². The van der Waals surface area contributed by atoms with E-state index < -0.39 is 0 Å². The van der Waals surface area contributed by atoms with Crippen molar-refractivity contribution in [3.05, 3.63) is 59.1 Å². The lowest BCUT2D eigenvalue weighted by atomic mass is 10.2. The molecule has 114 valence electrons. The van der Waals surface area contributed by atoms with Crippen LogP contribution in [0, 0.1) is 0 Å². The van der Waals surface area contributed by atoms with Crippen LogP contribution in [0.5, 0.6) is 0 Å². The quantitative estimate of drug-likeness (QED) is 0.616. The predicted molar refractivity (Wildman–Crippen MR) is 92.6 cm³/mol. The maximum Gasteiger partial charge on any atom is 0.169 e. The Morgan fingerprint density at radius 3 is 2.68 bits per heavy atom. The SMILES string of the molecule is COCCn1c(SCc2ccc(Cl)cc2)nc2ccccc21. The van der Waals surface area contributed by atoms with Crippen LogP contribution in [0.2, 0.25) is 5.02 Å². The Balaban J connectivity index is 1.83. The lowest BCUT2D eigenvalue weighted by Gasteiger charge is -2.08. The molecule has 0 aliphatic heterocycles. The summed E-state index contributed by atoms with van der Waals surface area (Å²) >= 11 is 7.66. The molecule has 3 rings (SSSR count). The Morgan fingerprint density at radius 2 is 1.91 bits per heavy atom. The number of benzene rings is 2. The second-order valence-corrected chi connectivity index (χ2v) is 6.32. The van der Waals surface area contributed by atoms with Gasteiger partial charge < -0.3 is 9.30 Å². The average Bonchev–Trinajstić information content (AvgIpc) is 2.90. The number of halogens is 1. The first-order valence-electron chi connectivity index (χ1n) is 7.09. The van der Waals surface area contributed by atoms with Crippen LogP contribution in [0.4, 0.5) is 0 Å². The first-order chi connectivity index (χ1) is 10.8. The lowest BCUT2D eigenvalue weighted by molar-refractivity contribution is 0.186. The highest BCUT2D eigenvalue weighted by atomic mass is 35.5. The van der Waals surface area contributed by atoms with Gasteiger partial charge in [-0.05, 0) is 29.8 Å². The molecule has 0 bridgehead atoms. The van der Waals surface area contributed by atoms with Gasteiger partial charge in [0.05, 0.1) is 17.6 Å². The normalized spacial score (nSPS) is 11.2. The minimum atomic E-state index is 0.675. The molecule has 0 aliphatic carbocycles. The van der Waals surface area contributed by atoms with Gasteiger partial charge in [-0.15, -0.1) is 0 Å². The van der Waals surface area contributed by atoms with Gasteiger partial charge in [0.2, 0.25) is 0 Å². The third-order valence-corrected chi connectivity index (χ3v) is 4.72. The number of fused-ring (bicyclic) bond motifs is 1. The molecule has 0 saturated carbocycles. The fourth-order valence-electron chi connectivity index (χ4n) is 2.29. The lowest BCUT2D eigenvalue weighted by Crippen LogP contribution is -2.05. The van der Waals surface area contributed by atoms with Gasteiger partial charge >= 0.3 is 0 Å². The van der Waals surface area contributed by atoms with Crippen LogP contribution in [-0.2, 0) is 17.0 Å². The highest BCUT2D eigenvalue weighted by Crippen LogP contribution is 2.27. The van der Waals surface area contributed by atoms with Gasteiger partial charge in [0.1, 0.15) is 0 Å². The second kappa shape index (κ2) is 7.18. The molecular weight excluding hydrogens is 316 g/mol. The van der Waals surface area contributed by atoms with E-state index in [9.17, 15) is 0 Å². The zero-order valence-electron chi connectivity index (χ0n) is 12.3. The highest BCUT2D eigenvalue weighted by molar-refractivity contribution is 7.98. The molecular formula is C17H17ClN2OS. The van der Waals surface area contributed by atoms with Crippen LogP contribution in [0.15, 0.2) is 53.7 Å². The Labute approximate surface area is 139 Å². The average molecular weight is 333 g/mol. The Hall–Kier alpha value is -1.49. The molecule has 1 aromatic heterocycles. The number of hydrogen-bond donors (Lipinski definition) is 0. The largest absolute Gasteiger partial charge is 0.383 e. The number of imidazole rings is 1. The van der Waals surface area contributed by atoms with Gasteiger partial charge in [-0.25, -0.2) is 4.98 Å². The smallest absolute Gasteiger partial charge is 0.169 e. The van der Waals surface area contributed by atoms with Crippen molar-refractivity contribution in [2.45, 2.75) is 17.5 Å². The molecule has 0 atom stereocenters. The molecule has 0 radical (unpaired) electrons. The van der Waals surface area contributed by atoms with Crippen molar-refractivity contribution in [2.75, 3.05) is 13.7 Å². The first kappa shape index (κ1) is 15.4. The van der Waals surface area contributed by atoms with Crippen molar-refractivity contribution < 1.29 is 4.74 Å². The molecule has 0 unspecified atom stereocenters. The van der Waals surface area contributed by atoms with Crippen molar-refractivity contribution in [3.8, 4) is 0 Å². The molecule has 0 fully saturated rings. The predicted octanol–water partition coefficient (Wildman–Crippen LogP) is 4.63. The molecule has 3 aromatic rings. The number of thioether (sulfide) groups is 1. The Kier molecular flexibility index (Phi) is 5.03. The highest BCUT2D eigenvalue weighted by Gasteiger charge is 2.10. The molecule has 1 heterocycles. The number of para-hydroxylation sites is 2. The van der Waals surface area contributed by atoms with Crippen LogP contribution < -0.4 is 0 Å². The summed E-state index contributed by atoms with van der Waals surface area (Å²) in [6, 6.07) is 16.2. The molecule has 22 heavy (non-hydrogen) atoms. The topological polar surface area (TPSA) is 27.1 Å². The van der Waals surface area contributed by atoms with Gasteiger partial charge in [0.25, 0.3) is 0 Å². The van der Waals surface area contributed by atoms with Crippen molar-refractivity contribution in [1.82, 2.24) is 9.55 Å². The monoisotopic (exact) mass is 332 g/mol. The number of methoxy groups -OCH3 is 1. The summed E-state index contributed by atoms with van der Waals surface area (Å²) in [5.74, 6) is 0.869. The van der Waals surface area contributed by atoms with Crippen LogP contribution >= 0.6 is 23.4 Å². The zero-order valence-corrected chi connectivity index (χ0v) is 13.9. The summed E-state index contributed by atoms with van der Waals surface area (Å²) in [4.78, 5) is 4.74. The molecule has 0 spiro atoms. The summed E-state index contributed by atoms with van der Waals surface area (Å²) in [6.07, 6.45) is 0. The standard InChI is InChI=1S/C17H17ClN2OS/c1-21-11-10-20-16-5-3-2-4-15(16)19-17(20)22-12-13-6-8-14(18)9-7-13/h2-9H,10-12H2,1H3. The zero-order chi connectivity index (χ0) is 15.4. The molecule has 0 N–H and O–H groups in total. The molecule has 0 aliphatic rings. The van der Waals surface area contributed by atoms with Crippen LogP contribution in [0.3, 0.4) is 0 Å². The minimum absolute atomic E-state index is 0.675. The van der Waals surface area contributed by atoms with Gasteiger partial charge in [-0.1, -0.05) is 47.6 Å². The summed E-state index contributed by atoms with van der Waals surface area (Å²) in [5.41, 5.74) is 3.41. The van der Waals surface area contributed by atoms with Gasteiger partial charge in [-0.2, -0.15) is 0 Å². The third-order valence-electron chi connectivity index (χ3n) is 3.42. The number of rotatable bonds is 6. The van der Waals surface area contributed by atoms with Crippen molar-refractivity contribution >= 4 is 34.4 Å². The molecule has 5 heteroatoms. The van der Waals surface area contributed by atoms with E-state index in [-0.39, 0.29) is 0 Å². The second-order valence-electron chi connectivity index (χ2n) is 4.94. The van der Waals surface area contributed by atoms with Crippen molar-refractivity contribution in [1.29, 1.82) is 0 Å². The molecule has 3 nitrogen and oxygen atoms in total. The maximum atomic E-state index is 5.93. The van der Waals surface area contributed by atoms with Crippen LogP contribution in [0.25, 0.3) is 11.0 Å². The Morgan fingerprint density at radius 1 is 1.14 bits per heavy atom. The molecule has 0 saturated heterocycles. The summed E-state index contributed by atoms with van der Waals surface area (Å²) in [7, 11) is 1.72. The van der Waals surface area contributed by atoms with E-state index in [1.165, 1.54) is 5.56 Å². The van der Waals surface area contributed by atoms with E-state index in [0.717, 1.165) is 33.5 Å². The van der Waals surface area contributed by atoms with E-state index in [1.54, 1.807) is 18.9 Å². The maximum absolute atomic E-state index is 5.93. The van der Waals surface area contributed by atoms with E-state index >= 15 is 0 Å². The first-order valence-corrected chi connectivity index (χ1v) is 8.46. The number of ether oxygens (including phenoxy) is 1. The van der Waals surface area contributed by atoms with E-state index in [0.29, 0.717) is 6.61 Å². The third kappa shape index (κ3) is 3.46. The Bertz CT molecular complexity index is 755. The van der Waals surface area contributed by atoms with Crippen molar-refractivity contribution in [2.24, 2.45) is 0 Å².